The van der Waals surface area contributed by atoms with Crippen LogP contribution in [0.25, 0.3) is 0 Å². The Labute approximate surface area is 257 Å². The van der Waals surface area contributed by atoms with E-state index in [2.05, 4.69) is 63.8 Å². The Morgan fingerprint density at radius 1 is 0.907 bits per heavy atom. The van der Waals surface area contributed by atoms with E-state index in [4.69, 9.17) is 4.74 Å². The second-order valence-corrected chi connectivity index (χ2v) is 16.3. The Hall–Kier alpha value is -2.57. The lowest BCUT2D eigenvalue weighted by Crippen LogP contribution is -2.66. The number of rotatable bonds is 4. The third-order valence-corrected chi connectivity index (χ3v) is 13.9. The topological polar surface area (TPSA) is 98.2 Å². The zero-order valence-electron chi connectivity index (χ0n) is 27.5. The molecule has 1 aromatic rings. The normalized spacial score (nSPS) is 41.6. The molecule has 8 atom stereocenters. The second kappa shape index (κ2) is 9.97. The molecule has 0 spiro atoms. The Balaban J connectivity index is 1.39. The van der Waals surface area contributed by atoms with Crippen molar-refractivity contribution >= 4 is 23.3 Å². The minimum absolute atomic E-state index is 0.0134. The number of nitrogens with one attached hydrogen (secondary N) is 1. The fourth-order valence-electron chi connectivity index (χ4n) is 11.9. The van der Waals surface area contributed by atoms with Crippen LogP contribution in [-0.4, -0.2) is 33.7 Å². The molecule has 0 aliphatic heterocycles. The molecule has 4 saturated carbocycles. The molecule has 5 aliphatic rings. The van der Waals surface area contributed by atoms with Crippen molar-refractivity contribution in [3.63, 3.8) is 0 Å². The van der Waals surface area contributed by atoms with Crippen molar-refractivity contribution in [2.24, 2.45) is 50.7 Å². The highest BCUT2D eigenvalue weighted by atomic mass is 16.5. The number of fused-ring (bicyclic) bond motifs is 7. The highest BCUT2D eigenvalue weighted by Gasteiger charge is 2.71. The van der Waals surface area contributed by atoms with E-state index in [1.165, 1.54) is 13.3 Å². The highest BCUT2D eigenvalue weighted by Crippen LogP contribution is 2.76. The number of anilines is 1. The molecule has 0 bridgehead atoms. The van der Waals surface area contributed by atoms with Gasteiger partial charge in [-0.15, -0.1) is 0 Å². The molecule has 0 aromatic carbocycles. The van der Waals surface area contributed by atoms with Crippen LogP contribution < -0.4 is 5.32 Å². The number of allylic oxidation sites excluding steroid dienone is 1. The van der Waals surface area contributed by atoms with E-state index in [1.54, 1.807) is 12.4 Å². The van der Waals surface area contributed by atoms with Crippen LogP contribution in [0.1, 0.15) is 113 Å². The molecule has 0 saturated heterocycles. The number of carbonyl (C=O) groups is 3. The number of carbonyl (C=O) groups excluding carboxylic acids is 3. The Morgan fingerprint density at radius 2 is 1.60 bits per heavy atom. The lowest BCUT2D eigenvalue weighted by Gasteiger charge is -2.72. The molecule has 1 amide bonds. The molecule has 6 rings (SSSR count). The van der Waals surface area contributed by atoms with Crippen molar-refractivity contribution in [3.05, 3.63) is 29.9 Å². The summed E-state index contributed by atoms with van der Waals surface area (Å²) in [5.41, 5.74) is 1.99. The van der Waals surface area contributed by atoms with Gasteiger partial charge in [0.15, 0.2) is 5.78 Å². The lowest BCUT2D eigenvalue weighted by molar-refractivity contribution is -0.232. The number of nitrogens with zero attached hydrogens (tertiary/aromatic N) is 2. The van der Waals surface area contributed by atoms with E-state index in [1.807, 2.05) is 0 Å². The number of amides is 1. The van der Waals surface area contributed by atoms with Crippen LogP contribution in [0.3, 0.4) is 0 Å². The maximum atomic E-state index is 14.3. The summed E-state index contributed by atoms with van der Waals surface area (Å²) in [5, 5.41) is 3.11. The van der Waals surface area contributed by atoms with Gasteiger partial charge in [0.1, 0.15) is 12.4 Å². The van der Waals surface area contributed by atoms with E-state index in [-0.39, 0.29) is 63.7 Å². The molecular formula is C36H51N3O4. The number of ketones is 1. The number of Topliss-reactive ketones (excluding diaryl/α,β-unsaturated/α-hetero) is 1. The average Bonchev–Trinajstić information content (AvgIpc) is 3.24. The average molecular weight is 590 g/mol. The zero-order chi connectivity index (χ0) is 31.2. The first kappa shape index (κ1) is 30.5. The van der Waals surface area contributed by atoms with Crippen molar-refractivity contribution in [3.8, 4) is 0 Å². The van der Waals surface area contributed by atoms with Crippen molar-refractivity contribution < 1.29 is 19.1 Å². The fourth-order valence-corrected chi connectivity index (χ4v) is 11.9. The van der Waals surface area contributed by atoms with Crippen LogP contribution in [0.15, 0.2) is 29.9 Å². The van der Waals surface area contributed by atoms with Gasteiger partial charge in [-0.1, -0.05) is 48.5 Å². The zero-order valence-corrected chi connectivity index (χ0v) is 27.5. The first-order chi connectivity index (χ1) is 20.1. The summed E-state index contributed by atoms with van der Waals surface area (Å²) < 4.78 is 5.91. The molecule has 1 aromatic heterocycles. The smallest absolute Gasteiger partial charge is 0.302 e. The Morgan fingerprint density at radius 3 is 2.26 bits per heavy atom. The summed E-state index contributed by atoms with van der Waals surface area (Å²) in [4.78, 5) is 48.2. The molecule has 4 fully saturated rings. The van der Waals surface area contributed by atoms with Crippen LogP contribution in [0.4, 0.5) is 5.69 Å². The van der Waals surface area contributed by atoms with Gasteiger partial charge in [0.05, 0.1) is 23.5 Å². The summed E-state index contributed by atoms with van der Waals surface area (Å²) in [5.74, 6) is 1.21. The summed E-state index contributed by atoms with van der Waals surface area (Å²) in [7, 11) is 0. The first-order valence-electron chi connectivity index (χ1n) is 16.6. The third-order valence-electron chi connectivity index (χ3n) is 13.9. The number of aromatic nitrogens is 2. The second-order valence-electron chi connectivity index (χ2n) is 16.3. The minimum Gasteiger partial charge on any atom is -0.462 e. The molecule has 7 nitrogen and oxygen atoms in total. The molecule has 5 aliphatic carbocycles. The molecule has 43 heavy (non-hydrogen) atoms. The summed E-state index contributed by atoms with van der Waals surface area (Å²) in [6, 6.07) is 0. The fraction of sp³-hybridized carbons (Fsp3) is 0.750. The monoisotopic (exact) mass is 589 g/mol. The number of hydrogen-bond acceptors (Lipinski definition) is 6. The first-order valence-corrected chi connectivity index (χ1v) is 16.6. The molecule has 1 heterocycles. The van der Waals surface area contributed by atoms with Crippen molar-refractivity contribution in [1.82, 2.24) is 9.97 Å². The maximum absolute atomic E-state index is 14.3. The van der Waals surface area contributed by atoms with Gasteiger partial charge in [0.25, 0.3) is 0 Å². The van der Waals surface area contributed by atoms with E-state index >= 15 is 0 Å². The standard InChI is InChI=1S/C36H51N3O4/c1-21(2)29-25(41)17-36(31(42)39-23-18-37-20-38-19-23)16-15-34(7)24(30(29)36)9-10-27-33(6)13-12-28(43-22(3)40)32(4,5)26(33)11-14-35(27,34)8/h18-21,24,26-28H,9-17H2,1-8H3,(H,39,42)/t24-,26+,27-,28+,33+,34-,35-,36-/m1/s1. The Bertz CT molecular complexity index is 1370. The molecule has 7 heteroatoms. The van der Waals surface area contributed by atoms with Gasteiger partial charge < -0.3 is 10.1 Å². The van der Waals surface area contributed by atoms with Gasteiger partial charge in [0, 0.05) is 18.8 Å². The van der Waals surface area contributed by atoms with Crippen LogP contribution in [0.2, 0.25) is 0 Å². The van der Waals surface area contributed by atoms with Gasteiger partial charge in [-0.25, -0.2) is 9.97 Å². The van der Waals surface area contributed by atoms with Gasteiger partial charge >= 0.3 is 5.97 Å². The maximum Gasteiger partial charge on any atom is 0.302 e. The van der Waals surface area contributed by atoms with E-state index < -0.39 is 5.41 Å². The molecule has 1 N–H and O–H groups in total. The number of hydrogen-bond donors (Lipinski definition) is 1. The van der Waals surface area contributed by atoms with Gasteiger partial charge in [-0.3, -0.25) is 14.4 Å². The summed E-state index contributed by atoms with van der Waals surface area (Å²) in [6.07, 6.45) is 12.9. The highest BCUT2D eigenvalue weighted by molar-refractivity contribution is 6.09. The largest absolute Gasteiger partial charge is 0.462 e. The Kier molecular flexibility index (Phi) is 7.06. The van der Waals surface area contributed by atoms with Gasteiger partial charge in [-0.2, -0.15) is 0 Å². The molecule has 0 radical (unpaired) electrons. The number of esters is 1. The van der Waals surface area contributed by atoms with Crippen molar-refractivity contribution in [2.45, 2.75) is 119 Å². The van der Waals surface area contributed by atoms with Gasteiger partial charge in [0.2, 0.25) is 5.91 Å². The van der Waals surface area contributed by atoms with Crippen molar-refractivity contribution in [2.75, 3.05) is 5.32 Å². The predicted molar refractivity (Wildman–Crippen MR) is 166 cm³/mol. The van der Waals surface area contributed by atoms with Crippen LogP contribution in [0, 0.1) is 50.7 Å². The number of ether oxygens (including phenoxy) is 1. The molecule has 0 unspecified atom stereocenters. The van der Waals surface area contributed by atoms with Gasteiger partial charge in [-0.05, 0) is 102 Å². The van der Waals surface area contributed by atoms with E-state index in [9.17, 15) is 14.4 Å². The molecular weight excluding hydrogens is 538 g/mol. The third kappa shape index (κ3) is 4.15. The van der Waals surface area contributed by atoms with Crippen molar-refractivity contribution in [1.29, 1.82) is 0 Å². The van der Waals surface area contributed by atoms with E-state index in [0.29, 0.717) is 23.9 Å². The predicted octanol–water partition coefficient (Wildman–Crippen LogP) is 7.33. The quantitative estimate of drug-likeness (QED) is 0.369. The minimum atomic E-state index is -0.801. The molecule has 234 valence electrons. The summed E-state index contributed by atoms with van der Waals surface area (Å²) >= 11 is 0. The van der Waals surface area contributed by atoms with Crippen LogP contribution in [0.5, 0.6) is 0 Å². The van der Waals surface area contributed by atoms with Crippen LogP contribution >= 0.6 is 0 Å². The SMILES string of the molecule is CC(=O)O[C@H]1CC[C@]2(C)[C@H]3CC[C@@H]4C5=C(C(C)C)C(=O)C[C@]5(C(=O)Nc5cncnc5)CC[C@@]4(C)[C@]3(C)CC[C@H]2C1(C)C. The van der Waals surface area contributed by atoms with Crippen LogP contribution in [-0.2, 0) is 19.1 Å². The lowest BCUT2D eigenvalue weighted by atomic mass is 9.33. The van der Waals surface area contributed by atoms with E-state index in [0.717, 1.165) is 56.1 Å². The summed E-state index contributed by atoms with van der Waals surface area (Å²) in [6.45, 7) is 18.0.